The Morgan fingerprint density at radius 1 is 1.31 bits per heavy atom. The topological polar surface area (TPSA) is 35.2 Å². The minimum atomic E-state index is -0.248. The number of nitrogens with two attached hydrogens (primary N) is 1. The molecule has 0 fully saturated rings. The lowest BCUT2D eigenvalue weighted by Crippen LogP contribution is -2.34. The van der Waals surface area contributed by atoms with Crippen LogP contribution in [0.15, 0.2) is 24.3 Å². The van der Waals surface area contributed by atoms with Crippen LogP contribution in [-0.2, 0) is 5.54 Å². The zero-order valence-corrected chi connectivity index (χ0v) is 10.8. The summed E-state index contributed by atoms with van der Waals surface area (Å²) < 4.78 is 5.14. The summed E-state index contributed by atoms with van der Waals surface area (Å²) in [6.45, 7) is 6.55. The van der Waals surface area contributed by atoms with Crippen molar-refractivity contribution in [3.05, 3.63) is 29.8 Å². The molecule has 16 heavy (non-hydrogen) atoms. The normalized spacial score (nSPS) is 16.6. The number of benzene rings is 1. The van der Waals surface area contributed by atoms with Crippen molar-refractivity contribution in [3.8, 4) is 5.75 Å². The molecule has 2 unspecified atom stereocenters. The van der Waals surface area contributed by atoms with Gasteiger partial charge in [-0.25, -0.2) is 0 Å². The van der Waals surface area contributed by atoms with Crippen molar-refractivity contribution in [2.75, 3.05) is 7.11 Å². The molecule has 2 nitrogen and oxygen atoms in total. The number of hydrogen-bond donors (Lipinski definition) is 1. The maximum Gasteiger partial charge on any atom is 0.118 e. The van der Waals surface area contributed by atoms with E-state index in [1.165, 1.54) is 12.0 Å². The number of hydrogen-bond acceptors (Lipinski definition) is 2. The maximum absolute atomic E-state index is 6.37. The van der Waals surface area contributed by atoms with Gasteiger partial charge in [0.2, 0.25) is 0 Å². The summed E-state index contributed by atoms with van der Waals surface area (Å²) in [6.07, 6.45) is 2.18. The van der Waals surface area contributed by atoms with Crippen molar-refractivity contribution in [1.29, 1.82) is 0 Å². The van der Waals surface area contributed by atoms with Gasteiger partial charge < -0.3 is 10.5 Å². The van der Waals surface area contributed by atoms with Gasteiger partial charge in [0.05, 0.1) is 7.11 Å². The number of ether oxygens (including phenoxy) is 1. The third-order valence-electron chi connectivity index (χ3n) is 3.22. The molecule has 0 aromatic heterocycles. The first-order valence-corrected chi connectivity index (χ1v) is 5.93. The SMILES string of the molecule is CCC(C)CC(C)(N)c1ccc(OC)cc1. The third kappa shape index (κ3) is 3.24. The Morgan fingerprint density at radius 2 is 1.88 bits per heavy atom. The van der Waals surface area contributed by atoms with Crippen molar-refractivity contribution in [1.82, 2.24) is 0 Å². The molecule has 2 atom stereocenters. The van der Waals surface area contributed by atoms with E-state index in [4.69, 9.17) is 10.5 Å². The summed E-state index contributed by atoms with van der Waals surface area (Å²) in [4.78, 5) is 0. The molecule has 1 aromatic rings. The van der Waals surface area contributed by atoms with Crippen molar-refractivity contribution >= 4 is 0 Å². The van der Waals surface area contributed by atoms with Gasteiger partial charge in [-0.3, -0.25) is 0 Å². The average Bonchev–Trinajstić information content (AvgIpc) is 2.28. The van der Waals surface area contributed by atoms with Gasteiger partial charge in [0.25, 0.3) is 0 Å². The van der Waals surface area contributed by atoms with Crippen LogP contribution >= 0.6 is 0 Å². The Kier molecular flexibility index (Phi) is 4.36. The van der Waals surface area contributed by atoms with E-state index in [2.05, 4.69) is 32.9 Å². The second-order valence-corrected chi connectivity index (χ2v) is 4.86. The average molecular weight is 221 g/mol. The molecule has 1 rings (SSSR count). The van der Waals surface area contributed by atoms with Crippen LogP contribution in [0.25, 0.3) is 0 Å². The molecule has 0 aliphatic carbocycles. The van der Waals surface area contributed by atoms with Crippen LogP contribution in [0.1, 0.15) is 39.2 Å². The molecule has 90 valence electrons. The Morgan fingerprint density at radius 3 is 2.31 bits per heavy atom. The molecule has 0 saturated heterocycles. The molecule has 2 heteroatoms. The highest BCUT2D eigenvalue weighted by Gasteiger charge is 2.23. The fourth-order valence-electron chi connectivity index (χ4n) is 1.96. The van der Waals surface area contributed by atoms with Crippen LogP contribution in [0.4, 0.5) is 0 Å². The van der Waals surface area contributed by atoms with Gasteiger partial charge in [-0.05, 0) is 37.0 Å². The molecule has 0 amide bonds. The van der Waals surface area contributed by atoms with Crippen LogP contribution < -0.4 is 10.5 Å². The number of rotatable bonds is 5. The minimum Gasteiger partial charge on any atom is -0.497 e. The van der Waals surface area contributed by atoms with Gasteiger partial charge >= 0.3 is 0 Å². The highest BCUT2D eigenvalue weighted by molar-refractivity contribution is 5.31. The molecule has 0 radical (unpaired) electrons. The van der Waals surface area contributed by atoms with Gasteiger partial charge in [-0.1, -0.05) is 32.4 Å². The quantitative estimate of drug-likeness (QED) is 0.828. The van der Waals surface area contributed by atoms with Gasteiger partial charge in [-0.2, -0.15) is 0 Å². The lowest BCUT2D eigenvalue weighted by atomic mass is 9.83. The summed E-state index contributed by atoms with van der Waals surface area (Å²) >= 11 is 0. The van der Waals surface area contributed by atoms with Crippen LogP contribution in [0, 0.1) is 5.92 Å². The highest BCUT2D eigenvalue weighted by atomic mass is 16.5. The molecule has 0 aliphatic heterocycles. The van der Waals surface area contributed by atoms with Gasteiger partial charge in [0, 0.05) is 5.54 Å². The van der Waals surface area contributed by atoms with Crippen LogP contribution in [0.5, 0.6) is 5.75 Å². The minimum absolute atomic E-state index is 0.248. The molecule has 0 heterocycles. The van der Waals surface area contributed by atoms with Gasteiger partial charge in [0.1, 0.15) is 5.75 Å². The first kappa shape index (κ1) is 13.0. The van der Waals surface area contributed by atoms with Crippen molar-refractivity contribution in [3.63, 3.8) is 0 Å². The highest BCUT2D eigenvalue weighted by Crippen LogP contribution is 2.28. The number of methoxy groups -OCH3 is 1. The van der Waals surface area contributed by atoms with Gasteiger partial charge in [0.15, 0.2) is 0 Å². The van der Waals surface area contributed by atoms with E-state index in [9.17, 15) is 0 Å². The standard InChI is InChI=1S/C14H23NO/c1-5-11(2)10-14(3,15)12-6-8-13(16-4)9-7-12/h6-9,11H,5,10,15H2,1-4H3. The van der Waals surface area contributed by atoms with E-state index in [1.54, 1.807) is 7.11 Å². The van der Waals surface area contributed by atoms with E-state index >= 15 is 0 Å². The summed E-state index contributed by atoms with van der Waals surface area (Å²) in [5.41, 5.74) is 7.29. The molecule has 0 spiro atoms. The fourth-order valence-corrected chi connectivity index (χ4v) is 1.96. The Balaban J connectivity index is 2.80. The van der Waals surface area contributed by atoms with Crippen molar-refractivity contribution in [2.45, 2.75) is 39.2 Å². The molecule has 0 saturated carbocycles. The second-order valence-electron chi connectivity index (χ2n) is 4.86. The van der Waals surface area contributed by atoms with E-state index < -0.39 is 0 Å². The van der Waals surface area contributed by atoms with Crippen molar-refractivity contribution < 1.29 is 4.74 Å². The zero-order valence-electron chi connectivity index (χ0n) is 10.8. The lowest BCUT2D eigenvalue weighted by molar-refractivity contribution is 0.355. The largest absolute Gasteiger partial charge is 0.497 e. The lowest BCUT2D eigenvalue weighted by Gasteiger charge is -2.28. The summed E-state index contributed by atoms with van der Waals surface area (Å²) in [7, 11) is 1.68. The fraction of sp³-hybridized carbons (Fsp3) is 0.571. The molecule has 1 aromatic carbocycles. The van der Waals surface area contributed by atoms with E-state index in [0.717, 1.165) is 12.2 Å². The van der Waals surface area contributed by atoms with Crippen LogP contribution in [0.3, 0.4) is 0 Å². The molecule has 2 N–H and O–H groups in total. The zero-order chi connectivity index (χ0) is 12.2. The first-order valence-electron chi connectivity index (χ1n) is 5.93. The van der Waals surface area contributed by atoms with Crippen LogP contribution in [-0.4, -0.2) is 7.11 Å². The maximum atomic E-state index is 6.37. The molecular weight excluding hydrogens is 198 g/mol. The predicted octanol–water partition coefficient (Wildman–Crippen LogP) is 3.31. The summed E-state index contributed by atoms with van der Waals surface area (Å²) in [5, 5.41) is 0. The van der Waals surface area contributed by atoms with E-state index in [0.29, 0.717) is 5.92 Å². The predicted molar refractivity (Wildman–Crippen MR) is 68.6 cm³/mol. The van der Waals surface area contributed by atoms with Gasteiger partial charge in [-0.15, -0.1) is 0 Å². The monoisotopic (exact) mass is 221 g/mol. The molecular formula is C14H23NO. The summed E-state index contributed by atoms with van der Waals surface area (Å²) in [6, 6.07) is 8.05. The van der Waals surface area contributed by atoms with E-state index in [1.807, 2.05) is 12.1 Å². The first-order chi connectivity index (χ1) is 7.49. The Bertz CT molecular complexity index is 316. The molecule has 0 aliphatic rings. The van der Waals surface area contributed by atoms with Crippen molar-refractivity contribution in [2.24, 2.45) is 11.7 Å². The Hall–Kier alpha value is -1.02. The van der Waals surface area contributed by atoms with E-state index in [-0.39, 0.29) is 5.54 Å². The van der Waals surface area contributed by atoms with Crippen LogP contribution in [0.2, 0.25) is 0 Å². The summed E-state index contributed by atoms with van der Waals surface area (Å²) in [5.74, 6) is 1.53. The smallest absolute Gasteiger partial charge is 0.118 e. The molecule has 0 bridgehead atoms. The second kappa shape index (κ2) is 5.35. The Labute approximate surface area is 98.8 Å². The third-order valence-corrected chi connectivity index (χ3v) is 3.22.